The lowest BCUT2D eigenvalue weighted by atomic mass is 10.1. The molecule has 112 valence electrons. The van der Waals surface area contributed by atoms with Crippen molar-refractivity contribution in [1.82, 2.24) is 4.90 Å². The number of morpholine rings is 1. The van der Waals surface area contributed by atoms with Crippen LogP contribution in [0.15, 0.2) is 12.1 Å². The molecule has 1 aromatic heterocycles. The quantitative estimate of drug-likeness (QED) is 0.850. The number of rotatable bonds is 3. The van der Waals surface area contributed by atoms with E-state index in [4.69, 9.17) is 9.47 Å². The van der Waals surface area contributed by atoms with Gasteiger partial charge in [0.1, 0.15) is 0 Å². The summed E-state index contributed by atoms with van der Waals surface area (Å²) < 4.78 is 11.7. The lowest BCUT2D eigenvalue weighted by Gasteiger charge is -2.37. The van der Waals surface area contributed by atoms with E-state index < -0.39 is 0 Å². The van der Waals surface area contributed by atoms with E-state index in [1.54, 1.807) is 0 Å². The molecule has 0 spiro atoms. The van der Waals surface area contributed by atoms with Gasteiger partial charge in [-0.1, -0.05) is 0 Å². The first-order valence-corrected chi connectivity index (χ1v) is 8.51. The Bertz CT molecular complexity index is 437. The van der Waals surface area contributed by atoms with Crippen LogP contribution in [-0.2, 0) is 16.0 Å². The minimum absolute atomic E-state index is 0.00911. The van der Waals surface area contributed by atoms with Gasteiger partial charge in [-0.15, -0.1) is 11.3 Å². The van der Waals surface area contributed by atoms with Crippen LogP contribution in [0.5, 0.6) is 0 Å². The summed E-state index contributed by atoms with van der Waals surface area (Å²) in [4.78, 5) is 5.36. The van der Waals surface area contributed by atoms with Gasteiger partial charge in [0, 0.05) is 36.0 Å². The lowest BCUT2D eigenvalue weighted by molar-refractivity contribution is -0.0880. The fraction of sp³-hybridized carbons (Fsp3) is 0.750. The Hall–Kier alpha value is -0.420. The third-order valence-corrected chi connectivity index (χ3v) is 5.23. The topological polar surface area (TPSA) is 21.7 Å². The molecule has 1 unspecified atom stereocenters. The number of ether oxygens (including phenoxy) is 2. The highest BCUT2D eigenvalue weighted by molar-refractivity contribution is 7.12. The Kier molecular flexibility index (Phi) is 4.46. The molecule has 2 aliphatic rings. The van der Waals surface area contributed by atoms with Gasteiger partial charge in [-0.3, -0.25) is 4.90 Å². The van der Waals surface area contributed by atoms with Gasteiger partial charge in [0.25, 0.3) is 0 Å². The van der Waals surface area contributed by atoms with Crippen LogP contribution >= 0.6 is 11.3 Å². The van der Waals surface area contributed by atoms with Crippen molar-refractivity contribution in [1.29, 1.82) is 0 Å². The molecule has 2 fully saturated rings. The zero-order valence-corrected chi connectivity index (χ0v) is 13.4. The molecule has 3 nitrogen and oxygen atoms in total. The lowest BCUT2D eigenvalue weighted by Crippen LogP contribution is -2.47. The molecule has 0 amide bonds. The second kappa shape index (κ2) is 6.14. The number of hydrogen-bond acceptors (Lipinski definition) is 4. The maximum Gasteiger partial charge on any atom is 0.0916 e. The molecule has 2 aliphatic heterocycles. The minimum Gasteiger partial charge on any atom is -0.373 e. The smallest absolute Gasteiger partial charge is 0.0916 e. The molecular formula is C16H25NO2S. The maximum absolute atomic E-state index is 5.88. The summed E-state index contributed by atoms with van der Waals surface area (Å²) >= 11 is 1.93. The second-order valence-electron chi connectivity index (χ2n) is 6.48. The van der Waals surface area contributed by atoms with Gasteiger partial charge in [-0.05, 0) is 45.2 Å². The van der Waals surface area contributed by atoms with E-state index in [9.17, 15) is 0 Å². The molecule has 0 radical (unpaired) electrons. The third-order valence-electron chi connectivity index (χ3n) is 4.06. The first-order valence-electron chi connectivity index (χ1n) is 7.69. The highest BCUT2D eigenvalue weighted by Gasteiger charge is 2.27. The first kappa shape index (κ1) is 14.5. The molecule has 1 aromatic rings. The van der Waals surface area contributed by atoms with Crippen LogP contribution in [0.25, 0.3) is 0 Å². The van der Waals surface area contributed by atoms with Crippen molar-refractivity contribution in [2.75, 3.05) is 26.3 Å². The van der Waals surface area contributed by atoms with Crippen molar-refractivity contribution in [3.8, 4) is 0 Å². The third kappa shape index (κ3) is 3.61. The van der Waals surface area contributed by atoms with E-state index in [0.717, 1.165) is 32.8 Å². The highest BCUT2D eigenvalue weighted by Crippen LogP contribution is 2.33. The van der Waals surface area contributed by atoms with E-state index in [2.05, 4.69) is 30.9 Å². The zero-order chi connectivity index (χ0) is 14.0. The number of thiophene rings is 1. The van der Waals surface area contributed by atoms with Gasteiger partial charge < -0.3 is 9.47 Å². The Morgan fingerprint density at radius 3 is 2.95 bits per heavy atom. The van der Waals surface area contributed by atoms with Crippen LogP contribution in [0.1, 0.15) is 49.0 Å². The second-order valence-corrected chi connectivity index (χ2v) is 7.68. The van der Waals surface area contributed by atoms with Crippen molar-refractivity contribution < 1.29 is 9.47 Å². The van der Waals surface area contributed by atoms with Gasteiger partial charge in [-0.2, -0.15) is 0 Å². The van der Waals surface area contributed by atoms with E-state index >= 15 is 0 Å². The van der Waals surface area contributed by atoms with Crippen molar-refractivity contribution in [2.45, 2.75) is 51.4 Å². The monoisotopic (exact) mass is 295 g/mol. The maximum atomic E-state index is 5.88. The van der Waals surface area contributed by atoms with Crippen molar-refractivity contribution in [2.24, 2.45) is 0 Å². The average Bonchev–Trinajstić information content (AvgIpc) is 2.87. The van der Waals surface area contributed by atoms with E-state index in [0.29, 0.717) is 6.10 Å². The van der Waals surface area contributed by atoms with E-state index in [-0.39, 0.29) is 5.60 Å². The summed E-state index contributed by atoms with van der Waals surface area (Å²) in [7, 11) is 0. The molecule has 4 heteroatoms. The van der Waals surface area contributed by atoms with Gasteiger partial charge >= 0.3 is 0 Å². The summed E-state index contributed by atoms with van der Waals surface area (Å²) in [5.41, 5.74) is -0.00911. The SMILES string of the molecule is CC1(C)CN(Cc2ccc(C3CCCCO3)s2)CCO1. The summed E-state index contributed by atoms with van der Waals surface area (Å²) in [6.07, 6.45) is 4.06. The van der Waals surface area contributed by atoms with Crippen LogP contribution in [0, 0.1) is 0 Å². The standard InChI is InChI=1S/C16H25NO2S/c1-16(2)12-17(8-10-19-16)11-13-6-7-15(20-13)14-5-3-4-9-18-14/h6-7,14H,3-5,8-12H2,1-2H3. The molecule has 0 saturated carbocycles. The molecule has 2 saturated heterocycles. The fourth-order valence-corrected chi connectivity index (χ4v) is 4.23. The molecule has 20 heavy (non-hydrogen) atoms. The van der Waals surface area contributed by atoms with Crippen molar-refractivity contribution in [3.05, 3.63) is 21.9 Å². The summed E-state index contributed by atoms with van der Waals surface area (Å²) in [5.74, 6) is 0. The van der Waals surface area contributed by atoms with Gasteiger partial charge in [0.05, 0.1) is 18.3 Å². The van der Waals surface area contributed by atoms with Crippen LogP contribution in [0.3, 0.4) is 0 Å². The minimum atomic E-state index is -0.00911. The summed E-state index contributed by atoms with van der Waals surface area (Å²) in [5, 5.41) is 0. The Morgan fingerprint density at radius 2 is 2.20 bits per heavy atom. The van der Waals surface area contributed by atoms with E-state index in [1.165, 1.54) is 29.0 Å². The first-order chi connectivity index (χ1) is 9.62. The summed E-state index contributed by atoms with van der Waals surface area (Å²) in [6.45, 7) is 9.22. The molecule has 1 atom stereocenters. The normalized spacial score (nSPS) is 27.6. The molecule has 3 rings (SSSR count). The molecular weight excluding hydrogens is 270 g/mol. The van der Waals surface area contributed by atoms with Crippen LogP contribution < -0.4 is 0 Å². The fourth-order valence-electron chi connectivity index (χ4n) is 3.09. The Morgan fingerprint density at radius 1 is 1.30 bits per heavy atom. The average molecular weight is 295 g/mol. The van der Waals surface area contributed by atoms with Crippen molar-refractivity contribution >= 4 is 11.3 Å². The van der Waals surface area contributed by atoms with Gasteiger partial charge in [-0.25, -0.2) is 0 Å². The molecule has 0 bridgehead atoms. The predicted octanol–water partition coefficient (Wildman–Crippen LogP) is 3.60. The number of nitrogens with zero attached hydrogens (tertiary/aromatic N) is 1. The zero-order valence-electron chi connectivity index (χ0n) is 12.6. The molecule has 0 aromatic carbocycles. The van der Waals surface area contributed by atoms with Crippen LogP contribution in [0.2, 0.25) is 0 Å². The Labute approximate surface area is 125 Å². The largest absolute Gasteiger partial charge is 0.373 e. The summed E-state index contributed by atoms with van der Waals surface area (Å²) in [6, 6.07) is 4.54. The molecule has 0 N–H and O–H groups in total. The van der Waals surface area contributed by atoms with Gasteiger partial charge in [0.2, 0.25) is 0 Å². The Balaban J connectivity index is 1.59. The van der Waals surface area contributed by atoms with Gasteiger partial charge in [0.15, 0.2) is 0 Å². The van der Waals surface area contributed by atoms with Crippen LogP contribution in [0.4, 0.5) is 0 Å². The van der Waals surface area contributed by atoms with E-state index in [1.807, 2.05) is 11.3 Å². The highest BCUT2D eigenvalue weighted by atomic mass is 32.1. The molecule has 3 heterocycles. The van der Waals surface area contributed by atoms with Crippen LogP contribution in [-0.4, -0.2) is 36.8 Å². The predicted molar refractivity (Wildman–Crippen MR) is 82.2 cm³/mol. The number of hydrogen-bond donors (Lipinski definition) is 0. The van der Waals surface area contributed by atoms with Crippen molar-refractivity contribution in [3.63, 3.8) is 0 Å². The molecule has 0 aliphatic carbocycles.